The first kappa shape index (κ1) is 12.0. The summed E-state index contributed by atoms with van der Waals surface area (Å²) in [5.41, 5.74) is 0.252. The number of hydrogen-bond donors (Lipinski definition) is 1. The van der Waals surface area contributed by atoms with Crippen LogP contribution in [-0.4, -0.2) is 11.2 Å². The third-order valence-corrected chi connectivity index (χ3v) is 3.89. The first-order chi connectivity index (χ1) is 6.36. The first-order valence-electron chi connectivity index (χ1n) is 6.04. The van der Waals surface area contributed by atoms with Gasteiger partial charge in [0.2, 0.25) is 0 Å². The van der Waals surface area contributed by atoms with Crippen molar-refractivity contribution in [3.63, 3.8) is 0 Å². The van der Waals surface area contributed by atoms with E-state index in [1.807, 2.05) is 0 Å². The van der Waals surface area contributed by atoms with Crippen LogP contribution in [0.25, 0.3) is 0 Å². The predicted molar refractivity (Wildman–Crippen MR) is 61.1 cm³/mol. The van der Waals surface area contributed by atoms with Gasteiger partial charge >= 0.3 is 0 Å². The molecule has 0 bridgehead atoms. The molecule has 1 aliphatic carbocycles. The zero-order chi connectivity index (χ0) is 10.9. The molecule has 1 heteroatoms. The fourth-order valence-electron chi connectivity index (χ4n) is 2.93. The molecular weight excluding hydrogens is 172 g/mol. The number of hydrogen-bond acceptors (Lipinski definition) is 1. The molecule has 0 aromatic rings. The van der Waals surface area contributed by atoms with E-state index in [-0.39, 0.29) is 11.5 Å². The summed E-state index contributed by atoms with van der Waals surface area (Å²) >= 11 is 0. The average molecular weight is 198 g/mol. The Morgan fingerprint density at radius 1 is 1.21 bits per heavy atom. The van der Waals surface area contributed by atoms with E-state index in [9.17, 15) is 5.11 Å². The van der Waals surface area contributed by atoms with Gasteiger partial charge in [-0.25, -0.2) is 0 Å². The van der Waals surface area contributed by atoms with Crippen LogP contribution in [0.1, 0.15) is 53.9 Å². The van der Waals surface area contributed by atoms with E-state index < -0.39 is 0 Å². The first-order valence-corrected chi connectivity index (χ1v) is 6.04. The molecule has 1 aliphatic rings. The van der Waals surface area contributed by atoms with Gasteiger partial charge in [-0.2, -0.15) is 0 Å². The number of aliphatic hydroxyl groups is 1. The van der Waals surface area contributed by atoms with Gasteiger partial charge in [0.25, 0.3) is 0 Å². The van der Waals surface area contributed by atoms with Gasteiger partial charge in [-0.05, 0) is 36.0 Å². The molecular formula is C13H26O. The van der Waals surface area contributed by atoms with Gasteiger partial charge in [0.05, 0.1) is 6.10 Å². The maximum atomic E-state index is 10.3. The molecule has 1 nitrogen and oxygen atoms in total. The topological polar surface area (TPSA) is 20.2 Å². The Balaban J connectivity index is 2.75. The van der Waals surface area contributed by atoms with Gasteiger partial charge in [-0.1, -0.05) is 41.0 Å². The van der Waals surface area contributed by atoms with Crippen molar-refractivity contribution in [3.8, 4) is 0 Å². The SMILES string of the molecule is CCC1CC(C)CC(C(C)(C)C)C1O. The molecule has 0 amide bonds. The summed E-state index contributed by atoms with van der Waals surface area (Å²) in [5.74, 6) is 1.80. The molecule has 1 rings (SSSR count). The molecule has 1 saturated carbocycles. The van der Waals surface area contributed by atoms with Crippen LogP contribution in [0.2, 0.25) is 0 Å². The van der Waals surface area contributed by atoms with Crippen molar-refractivity contribution in [1.82, 2.24) is 0 Å². The van der Waals surface area contributed by atoms with E-state index in [2.05, 4.69) is 34.6 Å². The third-order valence-electron chi connectivity index (χ3n) is 3.89. The molecule has 0 heterocycles. The summed E-state index contributed by atoms with van der Waals surface area (Å²) in [7, 11) is 0. The number of rotatable bonds is 1. The van der Waals surface area contributed by atoms with Gasteiger partial charge < -0.3 is 5.11 Å². The van der Waals surface area contributed by atoms with Crippen LogP contribution >= 0.6 is 0 Å². The standard InChI is InChI=1S/C13H26O/c1-6-10-7-9(2)8-11(12(10)14)13(3,4)5/h9-12,14H,6-8H2,1-5H3. The van der Waals surface area contributed by atoms with Gasteiger partial charge in [0.1, 0.15) is 0 Å². The van der Waals surface area contributed by atoms with Crippen LogP contribution in [0.3, 0.4) is 0 Å². The fourth-order valence-corrected chi connectivity index (χ4v) is 2.93. The lowest BCUT2D eigenvalue weighted by Crippen LogP contribution is -2.42. The van der Waals surface area contributed by atoms with Crippen molar-refractivity contribution in [2.75, 3.05) is 0 Å². The van der Waals surface area contributed by atoms with Crippen LogP contribution in [0.15, 0.2) is 0 Å². The van der Waals surface area contributed by atoms with Crippen molar-refractivity contribution < 1.29 is 5.11 Å². The summed E-state index contributed by atoms with van der Waals surface area (Å²) in [6, 6.07) is 0. The Morgan fingerprint density at radius 3 is 2.21 bits per heavy atom. The minimum absolute atomic E-state index is 0.0730. The molecule has 4 unspecified atom stereocenters. The van der Waals surface area contributed by atoms with Crippen molar-refractivity contribution in [2.24, 2.45) is 23.2 Å². The Kier molecular flexibility index (Phi) is 3.63. The summed E-state index contributed by atoms with van der Waals surface area (Å²) in [4.78, 5) is 0. The van der Waals surface area contributed by atoms with Gasteiger partial charge in [0, 0.05) is 0 Å². The highest BCUT2D eigenvalue weighted by atomic mass is 16.3. The van der Waals surface area contributed by atoms with Crippen LogP contribution in [0.5, 0.6) is 0 Å². The summed E-state index contributed by atoms with van der Waals surface area (Å²) < 4.78 is 0. The highest BCUT2D eigenvalue weighted by molar-refractivity contribution is 4.89. The minimum Gasteiger partial charge on any atom is -0.393 e. The fraction of sp³-hybridized carbons (Fsp3) is 1.00. The second-order valence-electron chi connectivity index (χ2n) is 6.21. The molecule has 0 radical (unpaired) electrons. The molecule has 84 valence electrons. The Morgan fingerprint density at radius 2 is 1.79 bits per heavy atom. The van der Waals surface area contributed by atoms with E-state index in [1.54, 1.807) is 0 Å². The Bertz CT molecular complexity index is 180. The lowest BCUT2D eigenvalue weighted by atomic mass is 9.64. The smallest absolute Gasteiger partial charge is 0.0601 e. The molecule has 1 N–H and O–H groups in total. The molecule has 14 heavy (non-hydrogen) atoms. The predicted octanol–water partition coefficient (Wildman–Crippen LogP) is 3.47. The minimum atomic E-state index is -0.0730. The second-order valence-corrected chi connectivity index (χ2v) is 6.21. The molecule has 0 saturated heterocycles. The summed E-state index contributed by atoms with van der Waals surface area (Å²) in [6.07, 6.45) is 3.46. The lowest BCUT2D eigenvalue weighted by Gasteiger charge is -2.44. The Labute approximate surface area is 88.9 Å². The van der Waals surface area contributed by atoms with Crippen molar-refractivity contribution >= 4 is 0 Å². The van der Waals surface area contributed by atoms with Crippen molar-refractivity contribution in [1.29, 1.82) is 0 Å². The largest absolute Gasteiger partial charge is 0.393 e. The van der Waals surface area contributed by atoms with Crippen LogP contribution in [-0.2, 0) is 0 Å². The van der Waals surface area contributed by atoms with E-state index in [4.69, 9.17) is 0 Å². The molecule has 0 aromatic carbocycles. The van der Waals surface area contributed by atoms with Crippen molar-refractivity contribution in [2.45, 2.75) is 60.0 Å². The molecule has 0 aromatic heterocycles. The van der Waals surface area contributed by atoms with Gasteiger partial charge in [-0.3, -0.25) is 0 Å². The third kappa shape index (κ3) is 2.50. The zero-order valence-corrected chi connectivity index (χ0v) is 10.4. The summed E-state index contributed by atoms with van der Waals surface area (Å²) in [5, 5.41) is 10.3. The quantitative estimate of drug-likeness (QED) is 0.684. The number of aliphatic hydroxyl groups excluding tert-OH is 1. The lowest BCUT2D eigenvalue weighted by molar-refractivity contribution is -0.0473. The van der Waals surface area contributed by atoms with Gasteiger partial charge in [0.15, 0.2) is 0 Å². The van der Waals surface area contributed by atoms with Crippen LogP contribution in [0, 0.1) is 23.2 Å². The van der Waals surface area contributed by atoms with E-state index in [0.29, 0.717) is 11.8 Å². The van der Waals surface area contributed by atoms with Gasteiger partial charge in [-0.15, -0.1) is 0 Å². The van der Waals surface area contributed by atoms with Crippen molar-refractivity contribution in [3.05, 3.63) is 0 Å². The normalized spacial score (nSPS) is 39.9. The molecule has 0 aliphatic heterocycles. The Hall–Kier alpha value is -0.0400. The zero-order valence-electron chi connectivity index (χ0n) is 10.4. The molecule has 1 fully saturated rings. The highest BCUT2D eigenvalue weighted by Crippen LogP contribution is 2.43. The summed E-state index contributed by atoms with van der Waals surface area (Å²) in [6.45, 7) is 11.3. The van der Waals surface area contributed by atoms with E-state index in [0.717, 1.165) is 12.3 Å². The highest BCUT2D eigenvalue weighted by Gasteiger charge is 2.39. The van der Waals surface area contributed by atoms with Crippen LogP contribution < -0.4 is 0 Å². The molecule has 0 spiro atoms. The maximum absolute atomic E-state index is 10.3. The molecule has 4 atom stereocenters. The van der Waals surface area contributed by atoms with Crippen LogP contribution in [0.4, 0.5) is 0 Å². The van der Waals surface area contributed by atoms with E-state index in [1.165, 1.54) is 12.8 Å². The average Bonchev–Trinajstić information content (AvgIpc) is 2.06. The maximum Gasteiger partial charge on any atom is 0.0601 e. The van der Waals surface area contributed by atoms with E-state index >= 15 is 0 Å². The second kappa shape index (κ2) is 4.22. The monoisotopic (exact) mass is 198 g/mol.